The van der Waals surface area contributed by atoms with E-state index in [9.17, 15) is 18.7 Å². The SMILES string of the molecule is C/C(=C/C(=O)NC1CCCCC1O)c1ccccc1OC(F)F. The average molecular weight is 325 g/mol. The van der Waals surface area contributed by atoms with Crippen LogP contribution in [0.15, 0.2) is 30.3 Å². The Morgan fingerprint density at radius 3 is 2.74 bits per heavy atom. The lowest BCUT2D eigenvalue weighted by atomic mass is 9.92. The first-order chi connectivity index (χ1) is 11.0. The maximum absolute atomic E-state index is 12.4. The molecule has 0 saturated heterocycles. The first-order valence-electron chi connectivity index (χ1n) is 7.68. The van der Waals surface area contributed by atoms with E-state index in [4.69, 9.17) is 0 Å². The molecule has 1 aromatic rings. The number of halogens is 2. The molecule has 126 valence electrons. The molecular weight excluding hydrogens is 304 g/mol. The minimum Gasteiger partial charge on any atom is -0.434 e. The fourth-order valence-electron chi connectivity index (χ4n) is 2.77. The maximum atomic E-state index is 12.4. The Morgan fingerprint density at radius 2 is 2.04 bits per heavy atom. The van der Waals surface area contributed by atoms with Gasteiger partial charge in [-0.3, -0.25) is 4.79 Å². The Labute approximate surface area is 134 Å². The molecule has 1 amide bonds. The number of alkyl halides is 2. The van der Waals surface area contributed by atoms with Gasteiger partial charge in [0.25, 0.3) is 0 Å². The number of ether oxygens (including phenoxy) is 1. The Bertz CT molecular complexity index is 575. The molecule has 0 bridgehead atoms. The zero-order chi connectivity index (χ0) is 16.8. The summed E-state index contributed by atoms with van der Waals surface area (Å²) in [4.78, 5) is 12.1. The van der Waals surface area contributed by atoms with Crippen LogP contribution in [0.2, 0.25) is 0 Å². The lowest BCUT2D eigenvalue weighted by Gasteiger charge is -2.27. The standard InChI is InChI=1S/C17H21F2NO3/c1-11(12-6-2-5-9-15(12)23-17(18)19)10-16(22)20-13-7-3-4-8-14(13)21/h2,5-6,9-10,13-14,17,21H,3-4,7-8H2,1H3,(H,20,22)/b11-10-. The molecule has 1 fully saturated rings. The Morgan fingerprint density at radius 1 is 1.35 bits per heavy atom. The Kier molecular flexibility index (Phi) is 6.10. The minimum atomic E-state index is -2.92. The Hall–Kier alpha value is -1.95. The second-order valence-corrected chi connectivity index (χ2v) is 5.67. The summed E-state index contributed by atoms with van der Waals surface area (Å²) in [7, 11) is 0. The normalized spacial score (nSPS) is 22.0. The van der Waals surface area contributed by atoms with Crippen molar-refractivity contribution in [1.82, 2.24) is 5.32 Å². The van der Waals surface area contributed by atoms with Crippen molar-refractivity contribution in [3.8, 4) is 5.75 Å². The number of rotatable bonds is 5. The van der Waals surface area contributed by atoms with Crippen LogP contribution in [0.1, 0.15) is 38.2 Å². The van der Waals surface area contributed by atoms with E-state index in [1.807, 2.05) is 0 Å². The van der Waals surface area contributed by atoms with Crippen LogP contribution in [0.4, 0.5) is 8.78 Å². The number of para-hydroxylation sites is 1. The van der Waals surface area contributed by atoms with Gasteiger partial charge >= 0.3 is 6.61 Å². The molecule has 0 aliphatic heterocycles. The van der Waals surface area contributed by atoms with Gasteiger partial charge in [-0.15, -0.1) is 0 Å². The lowest BCUT2D eigenvalue weighted by Crippen LogP contribution is -2.44. The van der Waals surface area contributed by atoms with E-state index in [1.54, 1.807) is 25.1 Å². The highest BCUT2D eigenvalue weighted by Gasteiger charge is 2.24. The van der Waals surface area contributed by atoms with Crippen LogP contribution in [-0.4, -0.2) is 29.8 Å². The third-order valence-electron chi connectivity index (χ3n) is 3.93. The van der Waals surface area contributed by atoms with Gasteiger partial charge in [0.15, 0.2) is 0 Å². The summed E-state index contributed by atoms with van der Waals surface area (Å²) in [6, 6.07) is 6.07. The molecule has 6 heteroatoms. The highest BCUT2D eigenvalue weighted by molar-refractivity contribution is 5.95. The molecule has 1 saturated carbocycles. The van der Waals surface area contributed by atoms with Crippen molar-refractivity contribution in [3.63, 3.8) is 0 Å². The number of allylic oxidation sites excluding steroid dienone is 1. The van der Waals surface area contributed by atoms with Gasteiger partial charge in [0.05, 0.1) is 12.1 Å². The van der Waals surface area contributed by atoms with E-state index in [2.05, 4.69) is 10.1 Å². The lowest BCUT2D eigenvalue weighted by molar-refractivity contribution is -0.118. The molecule has 1 aromatic carbocycles. The molecule has 0 radical (unpaired) electrons. The quantitative estimate of drug-likeness (QED) is 0.818. The number of carbonyl (C=O) groups excluding carboxylic acids is 1. The zero-order valence-electron chi connectivity index (χ0n) is 13.0. The molecule has 4 nitrogen and oxygen atoms in total. The highest BCUT2D eigenvalue weighted by atomic mass is 19.3. The second kappa shape index (κ2) is 8.06. The predicted octanol–water partition coefficient (Wildman–Crippen LogP) is 3.11. The van der Waals surface area contributed by atoms with E-state index in [0.29, 0.717) is 17.6 Å². The summed E-state index contributed by atoms with van der Waals surface area (Å²) in [5.41, 5.74) is 0.955. The van der Waals surface area contributed by atoms with E-state index in [-0.39, 0.29) is 17.7 Å². The Balaban J connectivity index is 2.08. The summed E-state index contributed by atoms with van der Waals surface area (Å²) >= 11 is 0. The molecule has 0 spiro atoms. The largest absolute Gasteiger partial charge is 0.434 e. The third kappa shape index (κ3) is 5.03. The monoisotopic (exact) mass is 325 g/mol. The summed E-state index contributed by atoms with van der Waals surface area (Å²) in [5.74, 6) is -0.318. The van der Waals surface area contributed by atoms with Crippen LogP contribution in [0.5, 0.6) is 5.75 Å². The van der Waals surface area contributed by atoms with Gasteiger partial charge in [-0.1, -0.05) is 31.0 Å². The minimum absolute atomic E-state index is 0.0294. The van der Waals surface area contributed by atoms with Crippen LogP contribution >= 0.6 is 0 Å². The first-order valence-corrected chi connectivity index (χ1v) is 7.68. The zero-order valence-corrected chi connectivity index (χ0v) is 13.0. The van der Waals surface area contributed by atoms with Crippen molar-refractivity contribution in [1.29, 1.82) is 0 Å². The van der Waals surface area contributed by atoms with Crippen molar-refractivity contribution < 1.29 is 23.4 Å². The maximum Gasteiger partial charge on any atom is 0.387 e. The third-order valence-corrected chi connectivity index (χ3v) is 3.93. The van der Waals surface area contributed by atoms with Crippen LogP contribution in [0, 0.1) is 0 Å². The smallest absolute Gasteiger partial charge is 0.387 e. The van der Waals surface area contributed by atoms with Crippen molar-refractivity contribution in [2.24, 2.45) is 0 Å². The number of hydrogen-bond donors (Lipinski definition) is 2. The fourth-order valence-corrected chi connectivity index (χ4v) is 2.77. The van der Waals surface area contributed by atoms with E-state index in [0.717, 1.165) is 19.3 Å². The van der Waals surface area contributed by atoms with Crippen molar-refractivity contribution in [2.45, 2.75) is 51.4 Å². The molecule has 2 rings (SSSR count). The van der Waals surface area contributed by atoms with Gasteiger partial charge in [0.2, 0.25) is 5.91 Å². The molecule has 2 atom stereocenters. The van der Waals surface area contributed by atoms with Gasteiger partial charge in [0, 0.05) is 11.6 Å². The van der Waals surface area contributed by atoms with Crippen molar-refractivity contribution in [2.75, 3.05) is 0 Å². The van der Waals surface area contributed by atoms with Crippen LogP contribution in [-0.2, 0) is 4.79 Å². The highest BCUT2D eigenvalue weighted by Crippen LogP contribution is 2.27. The number of benzene rings is 1. The first kappa shape index (κ1) is 17.4. The van der Waals surface area contributed by atoms with Crippen LogP contribution < -0.4 is 10.1 Å². The van der Waals surface area contributed by atoms with Crippen LogP contribution in [0.3, 0.4) is 0 Å². The number of nitrogens with one attached hydrogen (secondary N) is 1. The number of hydrogen-bond acceptors (Lipinski definition) is 3. The molecule has 0 aromatic heterocycles. The van der Waals surface area contributed by atoms with Gasteiger partial charge in [0.1, 0.15) is 5.75 Å². The van der Waals surface area contributed by atoms with Gasteiger partial charge in [-0.05, 0) is 31.4 Å². The molecule has 2 N–H and O–H groups in total. The molecule has 1 aliphatic carbocycles. The summed E-state index contributed by atoms with van der Waals surface area (Å²) in [5, 5.41) is 12.6. The van der Waals surface area contributed by atoms with Gasteiger partial charge < -0.3 is 15.2 Å². The fraction of sp³-hybridized carbons (Fsp3) is 0.471. The second-order valence-electron chi connectivity index (χ2n) is 5.67. The predicted molar refractivity (Wildman–Crippen MR) is 83.1 cm³/mol. The number of aliphatic hydroxyl groups is 1. The number of amides is 1. The van der Waals surface area contributed by atoms with Gasteiger partial charge in [-0.2, -0.15) is 8.78 Å². The molecular formula is C17H21F2NO3. The van der Waals surface area contributed by atoms with E-state index >= 15 is 0 Å². The summed E-state index contributed by atoms with van der Waals surface area (Å²) in [6.45, 7) is -1.26. The molecule has 2 unspecified atom stereocenters. The average Bonchev–Trinajstić information content (AvgIpc) is 2.49. The number of carbonyl (C=O) groups is 1. The summed E-state index contributed by atoms with van der Waals surface area (Å²) < 4.78 is 29.3. The molecule has 23 heavy (non-hydrogen) atoms. The number of aliphatic hydroxyl groups excluding tert-OH is 1. The molecule has 0 heterocycles. The van der Waals surface area contributed by atoms with Crippen LogP contribution in [0.25, 0.3) is 5.57 Å². The topological polar surface area (TPSA) is 58.6 Å². The van der Waals surface area contributed by atoms with Crippen molar-refractivity contribution in [3.05, 3.63) is 35.9 Å². The van der Waals surface area contributed by atoms with E-state index < -0.39 is 12.7 Å². The van der Waals surface area contributed by atoms with E-state index in [1.165, 1.54) is 12.1 Å². The molecule has 1 aliphatic rings. The summed E-state index contributed by atoms with van der Waals surface area (Å²) in [6.07, 6.45) is 4.16. The van der Waals surface area contributed by atoms with Crippen molar-refractivity contribution >= 4 is 11.5 Å². The van der Waals surface area contributed by atoms with Gasteiger partial charge in [-0.25, -0.2) is 0 Å².